The van der Waals surface area contributed by atoms with Crippen molar-refractivity contribution in [1.29, 1.82) is 0 Å². The number of alkyl halides is 3. The highest BCUT2D eigenvalue weighted by Gasteiger charge is 2.43. The first-order chi connectivity index (χ1) is 18.5. The summed E-state index contributed by atoms with van der Waals surface area (Å²) in [4.78, 5) is 11.4. The number of carbonyl (C=O) groups is 1. The molecule has 0 spiro atoms. The van der Waals surface area contributed by atoms with Gasteiger partial charge in [0, 0.05) is 6.42 Å². The molecule has 0 amide bonds. The Morgan fingerprint density at radius 1 is 1.18 bits per heavy atom. The first-order valence-electron chi connectivity index (χ1n) is 12.7. The number of ether oxygens (including phenoxy) is 4. The molecule has 1 aromatic carbocycles. The summed E-state index contributed by atoms with van der Waals surface area (Å²) in [5.74, 6) is -0.286. The highest BCUT2D eigenvalue weighted by molar-refractivity contribution is 5.59. The minimum Gasteiger partial charge on any atom is -0.447 e. The summed E-state index contributed by atoms with van der Waals surface area (Å²) in [6.45, 7) is 1.92. The molecule has 0 aliphatic heterocycles. The van der Waals surface area contributed by atoms with E-state index in [0.717, 1.165) is 30.2 Å². The summed E-state index contributed by atoms with van der Waals surface area (Å²) < 4.78 is 64.6. The summed E-state index contributed by atoms with van der Waals surface area (Å²) in [7, 11) is 1.07. The van der Waals surface area contributed by atoms with Gasteiger partial charge in [0.2, 0.25) is 5.88 Å². The Labute approximate surface area is 224 Å². The molecule has 1 aliphatic rings. The number of hydrogen-bond acceptors (Lipinski definition) is 9. The molecule has 0 bridgehead atoms. The maximum absolute atomic E-state index is 14.4. The lowest BCUT2D eigenvalue weighted by Crippen LogP contribution is -2.46. The molecule has 10 nitrogen and oxygen atoms in total. The van der Waals surface area contributed by atoms with Gasteiger partial charge in [-0.3, -0.25) is 4.68 Å². The summed E-state index contributed by atoms with van der Waals surface area (Å²) in [5, 5.41) is 33.6. The van der Waals surface area contributed by atoms with Gasteiger partial charge in [0.1, 0.15) is 30.6 Å². The molecule has 4 unspecified atom stereocenters. The van der Waals surface area contributed by atoms with Crippen molar-refractivity contribution in [3.63, 3.8) is 0 Å². The van der Waals surface area contributed by atoms with Crippen molar-refractivity contribution in [3.8, 4) is 5.88 Å². The van der Waals surface area contributed by atoms with Crippen LogP contribution in [0.2, 0.25) is 0 Å². The van der Waals surface area contributed by atoms with Gasteiger partial charge in [0.25, 0.3) is 0 Å². The van der Waals surface area contributed by atoms with Gasteiger partial charge < -0.3 is 34.3 Å². The van der Waals surface area contributed by atoms with E-state index in [1.807, 2.05) is 19.1 Å². The van der Waals surface area contributed by atoms with Crippen LogP contribution in [0.25, 0.3) is 0 Å². The van der Waals surface area contributed by atoms with Crippen molar-refractivity contribution >= 4 is 6.16 Å². The van der Waals surface area contributed by atoms with Gasteiger partial charge in [0.15, 0.2) is 6.29 Å². The van der Waals surface area contributed by atoms with Crippen LogP contribution in [0.5, 0.6) is 5.88 Å². The van der Waals surface area contributed by atoms with Crippen LogP contribution in [0.4, 0.5) is 18.0 Å². The number of halogens is 3. The van der Waals surface area contributed by atoms with Crippen molar-refractivity contribution in [3.05, 3.63) is 46.6 Å². The Morgan fingerprint density at radius 3 is 2.33 bits per heavy atom. The van der Waals surface area contributed by atoms with E-state index in [-0.39, 0.29) is 17.9 Å². The fourth-order valence-electron chi connectivity index (χ4n) is 4.21. The van der Waals surface area contributed by atoms with Crippen LogP contribution in [0, 0.1) is 0 Å². The van der Waals surface area contributed by atoms with Crippen LogP contribution in [0.1, 0.15) is 61.5 Å². The van der Waals surface area contributed by atoms with Gasteiger partial charge in [0.05, 0.1) is 25.3 Å². The molecule has 3 N–H and O–H groups in total. The topological polar surface area (TPSA) is 133 Å². The highest BCUT2D eigenvalue weighted by atomic mass is 19.4. The van der Waals surface area contributed by atoms with Crippen molar-refractivity contribution in [2.75, 3.05) is 20.3 Å². The second-order valence-corrected chi connectivity index (χ2v) is 9.37. The maximum Gasteiger partial charge on any atom is 0.508 e. The number of aliphatic hydroxyl groups is 3. The monoisotopic (exact) mass is 560 g/mol. The summed E-state index contributed by atoms with van der Waals surface area (Å²) in [6, 6.07) is 6.81. The number of rotatable bonds is 13. The van der Waals surface area contributed by atoms with Crippen molar-refractivity contribution in [2.24, 2.45) is 0 Å². The third-order valence-corrected chi connectivity index (χ3v) is 6.61. The fraction of sp³-hybridized carbons (Fsp3) is 0.615. The van der Waals surface area contributed by atoms with Gasteiger partial charge >= 0.3 is 12.3 Å². The van der Waals surface area contributed by atoms with E-state index < -0.39 is 61.9 Å². The first-order valence-corrected chi connectivity index (χ1v) is 12.7. The van der Waals surface area contributed by atoms with E-state index in [1.165, 1.54) is 6.92 Å². The Balaban J connectivity index is 1.92. The minimum absolute atomic E-state index is 0.103. The lowest BCUT2D eigenvalue weighted by Gasteiger charge is -2.28. The predicted molar refractivity (Wildman–Crippen MR) is 131 cm³/mol. The van der Waals surface area contributed by atoms with E-state index in [4.69, 9.17) is 14.2 Å². The minimum atomic E-state index is -4.70. The average molecular weight is 561 g/mol. The highest BCUT2D eigenvalue weighted by Crippen LogP contribution is 2.43. The van der Waals surface area contributed by atoms with Gasteiger partial charge in [-0.15, -0.1) is 5.10 Å². The molecule has 3 rings (SSSR count). The molecule has 0 radical (unpaired) electrons. The molecule has 13 heteroatoms. The van der Waals surface area contributed by atoms with Crippen LogP contribution >= 0.6 is 0 Å². The lowest BCUT2D eigenvalue weighted by molar-refractivity contribution is -0.180. The number of aliphatic hydroxyl groups excluding tert-OH is 3. The molecule has 218 valence electrons. The molecule has 1 aliphatic carbocycles. The zero-order valence-electron chi connectivity index (χ0n) is 22.1. The van der Waals surface area contributed by atoms with Gasteiger partial charge in [-0.05, 0) is 43.7 Å². The van der Waals surface area contributed by atoms with E-state index in [9.17, 15) is 33.3 Å². The number of methoxy groups -OCH3 is 1. The van der Waals surface area contributed by atoms with Gasteiger partial charge in [-0.2, -0.15) is 13.2 Å². The number of hydrogen-bond donors (Lipinski definition) is 3. The van der Waals surface area contributed by atoms with Crippen LogP contribution in [0.15, 0.2) is 24.3 Å². The zero-order valence-corrected chi connectivity index (χ0v) is 22.1. The standard InChI is InChI=1S/C26H35F3N2O8/c1-4-16-8-10-17(11-9-16)12-19-23(26(27,28)29)31(18-6-5-7-18)30-24(19)39-15(2)38-21(14-37-25(35)36-3)22(34)20(33)13-32/h8-11,15,18,20-22,32-34H,4-7,12-14H2,1-3H3. The zero-order chi connectivity index (χ0) is 28.7. The normalized spacial score (nSPS) is 17.2. The molecule has 39 heavy (non-hydrogen) atoms. The Kier molecular flexibility index (Phi) is 10.6. The lowest BCUT2D eigenvalue weighted by atomic mass is 9.93. The molecule has 0 saturated heterocycles. The fourth-order valence-corrected chi connectivity index (χ4v) is 4.21. The molecule has 1 fully saturated rings. The van der Waals surface area contributed by atoms with E-state index in [2.05, 4.69) is 9.84 Å². The number of carbonyl (C=O) groups excluding carboxylic acids is 1. The van der Waals surface area contributed by atoms with Crippen molar-refractivity contribution in [2.45, 2.75) is 82.8 Å². The molecular weight excluding hydrogens is 525 g/mol. The van der Waals surface area contributed by atoms with E-state index in [1.54, 1.807) is 12.1 Å². The SMILES string of the molecule is CCc1ccc(Cc2c(OC(C)OC(COC(=O)OC)C(O)C(O)CO)nn(C3CCC3)c2C(F)(F)F)cc1. The Hall–Kier alpha value is -2.87. The molecule has 1 saturated carbocycles. The predicted octanol–water partition coefficient (Wildman–Crippen LogP) is 3.39. The third-order valence-electron chi connectivity index (χ3n) is 6.61. The average Bonchev–Trinajstić information content (AvgIpc) is 3.21. The largest absolute Gasteiger partial charge is 0.508 e. The second kappa shape index (κ2) is 13.5. The molecule has 1 aromatic heterocycles. The molecule has 1 heterocycles. The molecule has 4 atom stereocenters. The number of nitrogens with zero attached hydrogens (tertiary/aromatic N) is 2. The number of aryl methyl sites for hydroxylation is 1. The van der Waals surface area contributed by atoms with Crippen LogP contribution in [0.3, 0.4) is 0 Å². The van der Waals surface area contributed by atoms with Gasteiger partial charge in [-0.1, -0.05) is 31.2 Å². The molecule has 2 aromatic rings. The van der Waals surface area contributed by atoms with E-state index >= 15 is 0 Å². The Bertz CT molecular complexity index is 1070. The van der Waals surface area contributed by atoms with Crippen molar-refractivity contribution in [1.82, 2.24) is 9.78 Å². The second-order valence-electron chi connectivity index (χ2n) is 9.37. The number of benzene rings is 1. The third kappa shape index (κ3) is 7.84. The van der Waals surface area contributed by atoms with Crippen molar-refractivity contribution < 1.29 is 52.2 Å². The summed E-state index contributed by atoms with van der Waals surface area (Å²) in [6.07, 6.45) is -9.30. The first kappa shape index (κ1) is 30.7. The van der Waals surface area contributed by atoms with Crippen LogP contribution in [-0.4, -0.2) is 76.2 Å². The quantitative estimate of drug-likeness (QED) is 0.249. The molecular formula is C26H35F3N2O8. The summed E-state index contributed by atoms with van der Waals surface area (Å²) >= 11 is 0. The van der Waals surface area contributed by atoms with Crippen LogP contribution < -0.4 is 4.74 Å². The van der Waals surface area contributed by atoms with Gasteiger partial charge in [-0.25, -0.2) is 4.79 Å². The number of aromatic nitrogens is 2. The smallest absolute Gasteiger partial charge is 0.447 e. The summed E-state index contributed by atoms with van der Waals surface area (Å²) in [5.41, 5.74) is 0.625. The van der Waals surface area contributed by atoms with E-state index in [0.29, 0.717) is 18.4 Å². The Morgan fingerprint density at radius 2 is 1.82 bits per heavy atom. The maximum atomic E-state index is 14.4. The van der Waals surface area contributed by atoms with Crippen LogP contribution in [-0.2, 0) is 33.2 Å².